The number of ether oxygens (including phenoxy) is 1. The van der Waals surface area contributed by atoms with E-state index in [0.29, 0.717) is 5.75 Å². The molecule has 21 heavy (non-hydrogen) atoms. The minimum Gasteiger partial charge on any atom is -0.453 e. The monoisotopic (exact) mass is 284 g/mol. The van der Waals surface area contributed by atoms with Crippen molar-refractivity contribution in [1.29, 1.82) is 0 Å². The minimum absolute atomic E-state index is 0.0277. The van der Waals surface area contributed by atoms with E-state index >= 15 is 0 Å². The Morgan fingerprint density at radius 2 is 1.95 bits per heavy atom. The van der Waals surface area contributed by atoms with Gasteiger partial charge < -0.3 is 10.1 Å². The maximum Gasteiger partial charge on any atom is 0.273 e. The molecule has 3 rings (SSSR count). The molecule has 0 spiro atoms. The summed E-state index contributed by atoms with van der Waals surface area (Å²) in [6, 6.07) is 8.60. The summed E-state index contributed by atoms with van der Waals surface area (Å²) in [6.07, 6.45) is 1.87. The first-order valence-corrected chi connectivity index (χ1v) is 7.02. The summed E-state index contributed by atoms with van der Waals surface area (Å²) in [5.41, 5.74) is 4.28. The summed E-state index contributed by atoms with van der Waals surface area (Å²) >= 11 is 0. The number of nitro benzene ring substituents is 1. The number of hydrogen-bond donors (Lipinski definition) is 1. The Labute approximate surface area is 122 Å². The number of non-ortho nitro benzene ring substituents is 1. The Balaban J connectivity index is 2.07. The van der Waals surface area contributed by atoms with Crippen molar-refractivity contribution in [2.45, 2.75) is 26.7 Å². The maximum atomic E-state index is 10.8. The smallest absolute Gasteiger partial charge is 0.273 e. The molecule has 1 aliphatic heterocycles. The van der Waals surface area contributed by atoms with Crippen LogP contribution in [0.15, 0.2) is 30.3 Å². The molecule has 0 saturated heterocycles. The summed E-state index contributed by atoms with van der Waals surface area (Å²) in [5.74, 6) is 1.21. The van der Waals surface area contributed by atoms with Crippen LogP contribution in [-0.4, -0.2) is 4.92 Å². The van der Waals surface area contributed by atoms with Crippen molar-refractivity contribution in [3.8, 4) is 11.5 Å². The van der Waals surface area contributed by atoms with Gasteiger partial charge in [-0.2, -0.15) is 0 Å². The fraction of sp³-hybridized carbons (Fsp3) is 0.250. The van der Waals surface area contributed by atoms with E-state index in [1.165, 1.54) is 23.3 Å². The molecule has 2 aromatic rings. The first-order valence-electron chi connectivity index (χ1n) is 7.02. The summed E-state index contributed by atoms with van der Waals surface area (Å²) < 4.78 is 5.84. The van der Waals surface area contributed by atoms with Crippen LogP contribution in [0.5, 0.6) is 11.5 Å². The van der Waals surface area contributed by atoms with E-state index in [1.54, 1.807) is 6.07 Å². The number of hydrogen-bond acceptors (Lipinski definition) is 4. The predicted octanol–water partition coefficient (Wildman–Crippen LogP) is 4.57. The normalized spacial score (nSPS) is 11.9. The molecule has 1 N–H and O–H groups in total. The molecule has 0 amide bonds. The van der Waals surface area contributed by atoms with Crippen LogP contribution in [0.1, 0.15) is 25.0 Å². The SMILES string of the molecule is CCc1ccc2c(c1CC)Nc1ccc([N+](=O)[O-])cc1O2. The van der Waals surface area contributed by atoms with E-state index in [0.717, 1.165) is 30.0 Å². The van der Waals surface area contributed by atoms with Gasteiger partial charge in [-0.1, -0.05) is 19.9 Å². The van der Waals surface area contributed by atoms with Crippen LogP contribution in [0.4, 0.5) is 17.1 Å². The molecule has 0 saturated carbocycles. The highest BCUT2D eigenvalue weighted by Crippen LogP contribution is 2.45. The third-order valence-electron chi connectivity index (χ3n) is 3.76. The average molecular weight is 284 g/mol. The van der Waals surface area contributed by atoms with Gasteiger partial charge >= 0.3 is 0 Å². The molecule has 5 nitrogen and oxygen atoms in total. The van der Waals surface area contributed by atoms with Crippen LogP contribution < -0.4 is 10.1 Å². The Morgan fingerprint density at radius 1 is 1.14 bits per heavy atom. The zero-order chi connectivity index (χ0) is 15.0. The number of nitrogens with zero attached hydrogens (tertiary/aromatic N) is 1. The third-order valence-corrected chi connectivity index (χ3v) is 3.76. The van der Waals surface area contributed by atoms with Crippen molar-refractivity contribution < 1.29 is 9.66 Å². The average Bonchev–Trinajstić information content (AvgIpc) is 2.51. The topological polar surface area (TPSA) is 64.4 Å². The summed E-state index contributed by atoms with van der Waals surface area (Å²) in [7, 11) is 0. The second-order valence-corrected chi connectivity index (χ2v) is 4.95. The van der Waals surface area contributed by atoms with Gasteiger partial charge in [0.1, 0.15) is 0 Å². The van der Waals surface area contributed by atoms with Crippen molar-refractivity contribution in [3.05, 3.63) is 51.6 Å². The number of nitrogens with one attached hydrogen (secondary N) is 1. The highest BCUT2D eigenvalue weighted by molar-refractivity contribution is 5.79. The second kappa shape index (κ2) is 5.09. The Bertz CT molecular complexity index is 726. The van der Waals surface area contributed by atoms with Gasteiger partial charge in [0, 0.05) is 6.07 Å². The van der Waals surface area contributed by atoms with Crippen LogP contribution in [0.25, 0.3) is 0 Å². The van der Waals surface area contributed by atoms with Gasteiger partial charge in [0.25, 0.3) is 5.69 Å². The van der Waals surface area contributed by atoms with Gasteiger partial charge in [0.15, 0.2) is 11.5 Å². The highest BCUT2D eigenvalue weighted by atomic mass is 16.6. The van der Waals surface area contributed by atoms with Crippen LogP contribution in [-0.2, 0) is 12.8 Å². The zero-order valence-corrected chi connectivity index (χ0v) is 12.0. The first kappa shape index (κ1) is 13.4. The zero-order valence-electron chi connectivity index (χ0n) is 12.0. The number of anilines is 2. The van der Waals surface area contributed by atoms with E-state index in [4.69, 9.17) is 4.74 Å². The minimum atomic E-state index is -0.420. The number of aryl methyl sites for hydroxylation is 1. The van der Waals surface area contributed by atoms with Crippen molar-refractivity contribution >= 4 is 17.1 Å². The Kier molecular flexibility index (Phi) is 3.25. The first-order chi connectivity index (χ1) is 10.1. The summed E-state index contributed by atoms with van der Waals surface area (Å²) in [6.45, 7) is 4.24. The predicted molar refractivity (Wildman–Crippen MR) is 81.7 cm³/mol. The number of benzene rings is 2. The summed E-state index contributed by atoms with van der Waals surface area (Å²) in [4.78, 5) is 10.4. The van der Waals surface area contributed by atoms with Gasteiger partial charge in [-0.15, -0.1) is 0 Å². The van der Waals surface area contributed by atoms with E-state index in [9.17, 15) is 10.1 Å². The molecule has 108 valence electrons. The van der Waals surface area contributed by atoms with Crippen LogP contribution in [0.2, 0.25) is 0 Å². The van der Waals surface area contributed by atoms with Crippen molar-refractivity contribution in [1.82, 2.24) is 0 Å². The van der Waals surface area contributed by atoms with Crippen LogP contribution in [0.3, 0.4) is 0 Å². The lowest BCUT2D eigenvalue weighted by atomic mass is 9.99. The molecule has 0 fully saturated rings. The molecule has 5 heteroatoms. The van der Waals surface area contributed by atoms with E-state index in [2.05, 4.69) is 25.2 Å². The highest BCUT2D eigenvalue weighted by Gasteiger charge is 2.22. The van der Waals surface area contributed by atoms with Gasteiger partial charge in [-0.3, -0.25) is 10.1 Å². The lowest BCUT2D eigenvalue weighted by Gasteiger charge is -2.25. The molecule has 0 unspecified atom stereocenters. The lowest BCUT2D eigenvalue weighted by molar-refractivity contribution is -0.384. The molecule has 0 bridgehead atoms. The van der Waals surface area contributed by atoms with Crippen LogP contribution in [0, 0.1) is 10.1 Å². The number of nitro groups is 1. The fourth-order valence-corrected chi connectivity index (χ4v) is 2.69. The van der Waals surface area contributed by atoms with Gasteiger partial charge in [-0.25, -0.2) is 0 Å². The fourth-order valence-electron chi connectivity index (χ4n) is 2.69. The second-order valence-electron chi connectivity index (χ2n) is 4.95. The third kappa shape index (κ3) is 2.20. The molecule has 2 aromatic carbocycles. The molecule has 0 aliphatic carbocycles. The molecular weight excluding hydrogens is 268 g/mol. The van der Waals surface area contributed by atoms with Gasteiger partial charge in [0.05, 0.1) is 22.4 Å². The molecule has 1 heterocycles. The van der Waals surface area contributed by atoms with E-state index in [1.807, 2.05) is 6.07 Å². The van der Waals surface area contributed by atoms with Gasteiger partial charge in [-0.05, 0) is 36.1 Å². The summed E-state index contributed by atoms with van der Waals surface area (Å²) in [5, 5.41) is 14.2. The Morgan fingerprint density at radius 3 is 2.62 bits per heavy atom. The standard InChI is InChI=1S/C16H16N2O3/c1-3-10-5-8-14-16(12(10)4-2)17-13-7-6-11(18(19)20)9-15(13)21-14/h5-9,17H,3-4H2,1-2H3. The number of rotatable bonds is 3. The molecule has 0 aromatic heterocycles. The number of fused-ring (bicyclic) bond motifs is 2. The molecule has 1 aliphatic rings. The van der Waals surface area contributed by atoms with E-state index in [-0.39, 0.29) is 5.69 Å². The molecule has 0 radical (unpaired) electrons. The largest absolute Gasteiger partial charge is 0.453 e. The Hall–Kier alpha value is -2.56. The maximum absolute atomic E-state index is 10.8. The van der Waals surface area contributed by atoms with Crippen molar-refractivity contribution in [2.24, 2.45) is 0 Å². The molecular formula is C16H16N2O3. The van der Waals surface area contributed by atoms with Crippen molar-refractivity contribution in [2.75, 3.05) is 5.32 Å². The van der Waals surface area contributed by atoms with E-state index < -0.39 is 4.92 Å². The lowest BCUT2D eigenvalue weighted by Crippen LogP contribution is -2.07. The van der Waals surface area contributed by atoms with Crippen molar-refractivity contribution in [3.63, 3.8) is 0 Å². The van der Waals surface area contributed by atoms with Gasteiger partial charge in [0.2, 0.25) is 0 Å². The van der Waals surface area contributed by atoms with Crippen LogP contribution >= 0.6 is 0 Å². The quantitative estimate of drug-likeness (QED) is 0.565. The molecule has 0 atom stereocenters.